The number of hydrogen-bond acceptors (Lipinski definition) is 4. The number of rotatable bonds is 10. The number of amides is 1. The number of nitrogens with one attached hydrogen (secondary N) is 2. The van der Waals surface area contributed by atoms with Gasteiger partial charge in [-0.1, -0.05) is 6.92 Å². The van der Waals surface area contributed by atoms with Crippen molar-refractivity contribution in [3.05, 3.63) is 0 Å². The predicted molar refractivity (Wildman–Crippen MR) is 77.8 cm³/mol. The molecule has 1 heterocycles. The molecule has 0 spiro atoms. The highest BCUT2D eigenvalue weighted by molar-refractivity contribution is 5.85. The van der Waals surface area contributed by atoms with Crippen LogP contribution < -0.4 is 10.6 Å². The molecule has 114 valence electrons. The second-order valence-corrected chi connectivity index (χ2v) is 4.56. The van der Waals surface area contributed by atoms with Crippen molar-refractivity contribution >= 4 is 18.3 Å². The smallest absolute Gasteiger partial charge is 0.222 e. The van der Waals surface area contributed by atoms with Crippen LogP contribution in [0.25, 0.3) is 0 Å². The third-order valence-corrected chi connectivity index (χ3v) is 2.85. The molecule has 1 fully saturated rings. The van der Waals surface area contributed by atoms with E-state index in [1.165, 1.54) is 0 Å². The van der Waals surface area contributed by atoms with Crippen molar-refractivity contribution in [1.29, 1.82) is 0 Å². The molecule has 1 atom stereocenters. The molecule has 1 aliphatic rings. The molecule has 6 heteroatoms. The molecule has 0 bridgehead atoms. The van der Waals surface area contributed by atoms with Crippen LogP contribution in [-0.4, -0.2) is 51.5 Å². The molecule has 0 aromatic carbocycles. The van der Waals surface area contributed by atoms with Crippen LogP contribution >= 0.6 is 12.4 Å². The summed E-state index contributed by atoms with van der Waals surface area (Å²) in [7, 11) is 0. The summed E-state index contributed by atoms with van der Waals surface area (Å²) in [6.45, 7) is 6.58. The molecule has 1 unspecified atom stereocenters. The first kappa shape index (κ1) is 18.6. The van der Waals surface area contributed by atoms with Crippen LogP contribution in [0, 0.1) is 0 Å². The van der Waals surface area contributed by atoms with Crippen LogP contribution in [0.1, 0.15) is 32.6 Å². The summed E-state index contributed by atoms with van der Waals surface area (Å²) >= 11 is 0. The average Bonchev–Trinajstić information content (AvgIpc) is 2.87. The SMILES string of the molecule is CCCNCCNC(=O)CCOCC1CCCO1.Cl. The minimum Gasteiger partial charge on any atom is -0.378 e. The zero-order chi connectivity index (χ0) is 13.1. The van der Waals surface area contributed by atoms with Gasteiger partial charge in [0.25, 0.3) is 0 Å². The van der Waals surface area contributed by atoms with E-state index < -0.39 is 0 Å². The molecule has 0 aromatic rings. The first-order valence-electron chi connectivity index (χ1n) is 6.99. The standard InChI is InChI=1S/C13H26N2O3.ClH/c1-2-6-14-7-8-15-13(16)5-10-17-11-12-4-3-9-18-12;/h12,14H,2-11H2,1H3,(H,15,16);1H. The average molecular weight is 295 g/mol. The van der Waals surface area contributed by atoms with Crippen molar-refractivity contribution in [2.24, 2.45) is 0 Å². The highest BCUT2D eigenvalue weighted by atomic mass is 35.5. The Labute approximate surface area is 122 Å². The fourth-order valence-electron chi connectivity index (χ4n) is 1.84. The molecule has 1 amide bonds. The van der Waals surface area contributed by atoms with Gasteiger partial charge in [0.2, 0.25) is 5.91 Å². The molecular weight excluding hydrogens is 268 g/mol. The van der Waals surface area contributed by atoms with Gasteiger partial charge in [-0.25, -0.2) is 0 Å². The van der Waals surface area contributed by atoms with Gasteiger partial charge in [0.1, 0.15) is 0 Å². The second-order valence-electron chi connectivity index (χ2n) is 4.56. The number of carbonyl (C=O) groups is 1. The maximum atomic E-state index is 11.4. The molecule has 2 N–H and O–H groups in total. The molecule has 0 radical (unpaired) electrons. The Hall–Kier alpha value is -0.360. The fourth-order valence-corrected chi connectivity index (χ4v) is 1.84. The first-order valence-corrected chi connectivity index (χ1v) is 6.99. The summed E-state index contributed by atoms with van der Waals surface area (Å²) in [6, 6.07) is 0. The van der Waals surface area contributed by atoms with Crippen molar-refractivity contribution in [1.82, 2.24) is 10.6 Å². The van der Waals surface area contributed by atoms with Crippen molar-refractivity contribution in [2.45, 2.75) is 38.7 Å². The van der Waals surface area contributed by atoms with Gasteiger partial charge in [0.05, 0.1) is 19.3 Å². The molecule has 0 aromatic heterocycles. The zero-order valence-electron chi connectivity index (χ0n) is 11.8. The topological polar surface area (TPSA) is 59.6 Å². The van der Waals surface area contributed by atoms with Gasteiger partial charge < -0.3 is 20.1 Å². The fraction of sp³-hybridized carbons (Fsp3) is 0.923. The Kier molecular flexibility index (Phi) is 12.4. The van der Waals surface area contributed by atoms with Crippen molar-refractivity contribution in [3.8, 4) is 0 Å². The monoisotopic (exact) mass is 294 g/mol. The number of ether oxygens (including phenoxy) is 2. The van der Waals surface area contributed by atoms with Crippen molar-refractivity contribution in [2.75, 3.05) is 39.5 Å². The predicted octanol–water partition coefficient (Wildman–Crippen LogP) is 1.11. The minimum atomic E-state index is 0. The van der Waals surface area contributed by atoms with Gasteiger partial charge in [-0.2, -0.15) is 0 Å². The normalized spacial score (nSPS) is 18.1. The van der Waals surface area contributed by atoms with Crippen molar-refractivity contribution < 1.29 is 14.3 Å². The van der Waals surface area contributed by atoms with E-state index in [1.807, 2.05) is 0 Å². The lowest BCUT2D eigenvalue weighted by molar-refractivity contribution is -0.122. The molecule has 0 aliphatic carbocycles. The van der Waals surface area contributed by atoms with Crippen LogP contribution in [0.15, 0.2) is 0 Å². The Morgan fingerprint density at radius 3 is 2.89 bits per heavy atom. The van der Waals surface area contributed by atoms with Crippen molar-refractivity contribution in [3.63, 3.8) is 0 Å². The molecular formula is C13H27ClN2O3. The van der Waals surface area contributed by atoms with E-state index in [0.29, 0.717) is 26.2 Å². The Morgan fingerprint density at radius 2 is 2.21 bits per heavy atom. The summed E-state index contributed by atoms with van der Waals surface area (Å²) < 4.78 is 10.9. The molecule has 1 rings (SSSR count). The quantitative estimate of drug-likeness (QED) is 0.593. The molecule has 0 saturated carbocycles. The van der Waals surface area contributed by atoms with E-state index in [4.69, 9.17) is 9.47 Å². The third kappa shape index (κ3) is 10.1. The number of carbonyl (C=O) groups excluding carboxylic acids is 1. The highest BCUT2D eigenvalue weighted by Crippen LogP contribution is 2.11. The van der Waals surface area contributed by atoms with E-state index in [2.05, 4.69) is 17.6 Å². The van der Waals surface area contributed by atoms with E-state index in [-0.39, 0.29) is 24.4 Å². The van der Waals surface area contributed by atoms with Crippen LogP contribution in [0.4, 0.5) is 0 Å². The maximum Gasteiger partial charge on any atom is 0.222 e. The Bertz CT molecular complexity index is 224. The first-order chi connectivity index (χ1) is 8.83. The Balaban J connectivity index is 0.00000324. The maximum absolute atomic E-state index is 11.4. The van der Waals surface area contributed by atoms with Crippen LogP contribution in [-0.2, 0) is 14.3 Å². The van der Waals surface area contributed by atoms with Crippen LogP contribution in [0.2, 0.25) is 0 Å². The zero-order valence-corrected chi connectivity index (χ0v) is 12.6. The second kappa shape index (κ2) is 12.7. The molecule has 19 heavy (non-hydrogen) atoms. The van der Waals surface area contributed by atoms with Gasteiger partial charge in [0.15, 0.2) is 0 Å². The van der Waals surface area contributed by atoms with Crippen LogP contribution in [0.3, 0.4) is 0 Å². The number of hydrogen-bond donors (Lipinski definition) is 2. The van der Waals surface area contributed by atoms with E-state index >= 15 is 0 Å². The van der Waals surface area contributed by atoms with Gasteiger partial charge in [0, 0.05) is 26.1 Å². The summed E-state index contributed by atoms with van der Waals surface area (Å²) in [4.78, 5) is 11.4. The summed E-state index contributed by atoms with van der Waals surface area (Å²) in [5, 5.41) is 6.09. The highest BCUT2D eigenvalue weighted by Gasteiger charge is 2.15. The van der Waals surface area contributed by atoms with E-state index in [1.54, 1.807) is 0 Å². The minimum absolute atomic E-state index is 0. The Morgan fingerprint density at radius 1 is 1.37 bits per heavy atom. The molecule has 1 aliphatic heterocycles. The summed E-state index contributed by atoms with van der Waals surface area (Å²) in [5.74, 6) is 0.0561. The lowest BCUT2D eigenvalue weighted by Gasteiger charge is -2.10. The van der Waals surface area contributed by atoms with Gasteiger partial charge in [-0.3, -0.25) is 4.79 Å². The summed E-state index contributed by atoms with van der Waals surface area (Å²) in [5.41, 5.74) is 0. The summed E-state index contributed by atoms with van der Waals surface area (Å²) in [6.07, 6.45) is 3.99. The third-order valence-electron chi connectivity index (χ3n) is 2.85. The largest absolute Gasteiger partial charge is 0.378 e. The van der Waals surface area contributed by atoms with Crippen LogP contribution in [0.5, 0.6) is 0 Å². The number of halogens is 1. The van der Waals surface area contributed by atoms with Gasteiger partial charge in [-0.05, 0) is 25.8 Å². The lowest BCUT2D eigenvalue weighted by Crippen LogP contribution is -2.32. The van der Waals surface area contributed by atoms with Gasteiger partial charge >= 0.3 is 0 Å². The lowest BCUT2D eigenvalue weighted by atomic mass is 10.2. The molecule has 5 nitrogen and oxygen atoms in total. The van der Waals surface area contributed by atoms with E-state index in [9.17, 15) is 4.79 Å². The van der Waals surface area contributed by atoms with E-state index in [0.717, 1.165) is 39.0 Å². The molecule has 1 saturated heterocycles. The van der Waals surface area contributed by atoms with Gasteiger partial charge in [-0.15, -0.1) is 12.4 Å².